The zero-order chi connectivity index (χ0) is 43.5. The van der Waals surface area contributed by atoms with E-state index >= 15 is 0 Å². The number of carbonyl (C=O) groups is 2. The molecule has 0 unspecified atom stereocenters. The summed E-state index contributed by atoms with van der Waals surface area (Å²) in [5.41, 5.74) is 0. The molecule has 0 atom stereocenters. The van der Waals surface area contributed by atoms with Crippen LogP contribution in [0, 0.1) is 0 Å². The van der Waals surface area contributed by atoms with Crippen molar-refractivity contribution in [2.45, 2.75) is 0 Å². The number of nitrogens with one attached hydrogen (secondary N) is 2. The van der Waals surface area contributed by atoms with Crippen LogP contribution in [0.4, 0.5) is 11.9 Å². The normalized spacial score (nSPS) is 10.3. The molecule has 0 fully saturated rings. The second-order valence-electron chi connectivity index (χ2n) is 10.0. The molecule has 0 bridgehead atoms. The van der Waals surface area contributed by atoms with E-state index in [0.717, 1.165) is 0 Å². The SMILES string of the molecule is Clc1nc(Cl)nc(OCCOCCOCCOc2nc(Cl)nc(Cl)n2)n1.O=C([O-])CNc1nc(Cl)nc(OCCOCCOCCOc2nc(Cl)nc(NCC(=O)[O-])n2)n1.[Na+].[Na+]. The number of ether oxygens (including phenoxy) is 8. The van der Waals surface area contributed by atoms with Crippen LogP contribution >= 0.6 is 69.6 Å². The molecule has 34 heteroatoms. The third kappa shape index (κ3) is 27.5. The molecule has 0 saturated carbocycles. The summed E-state index contributed by atoms with van der Waals surface area (Å²) < 4.78 is 42.3. The molecule has 4 aromatic rings. The Labute approximate surface area is 425 Å². The van der Waals surface area contributed by atoms with Crippen molar-refractivity contribution in [3.05, 3.63) is 31.7 Å². The van der Waals surface area contributed by atoms with Gasteiger partial charge in [0.25, 0.3) is 0 Å². The van der Waals surface area contributed by atoms with Crippen LogP contribution in [0.3, 0.4) is 0 Å². The molecule has 4 heterocycles. The van der Waals surface area contributed by atoms with Gasteiger partial charge < -0.3 is 68.3 Å². The van der Waals surface area contributed by atoms with E-state index in [0.29, 0.717) is 26.4 Å². The van der Waals surface area contributed by atoms with Gasteiger partial charge in [0.15, 0.2) is 0 Å². The van der Waals surface area contributed by atoms with E-state index in [9.17, 15) is 19.8 Å². The number of hydrogen-bond donors (Lipinski definition) is 2. The fourth-order valence-corrected chi connectivity index (χ4v) is 4.41. The molecule has 2 N–H and O–H groups in total. The van der Waals surface area contributed by atoms with Gasteiger partial charge in [0, 0.05) is 0 Å². The van der Waals surface area contributed by atoms with Gasteiger partial charge in [0.1, 0.15) is 26.4 Å². The minimum Gasteiger partial charge on any atom is -0.548 e. The van der Waals surface area contributed by atoms with Crippen molar-refractivity contribution in [1.82, 2.24) is 59.8 Å². The third-order valence-electron chi connectivity index (χ3n) is 5.66. The number of carboxylic acid groups (broad SMARTS) is 2. The van der Waals surface area contributed by atoms with Gasteiger partial charge in [-0.05, 0) is 69.6 Å². The Morgan fingerprint density at radius 1 is 0.371 bits per heavy atom. The zero-order valence-corrected chi connectivity index (χ0v) is 41.0. The van der Waals surface area contributed by atoms with Crippen molar-refractivity contribution in [1.29, 1.82) is 0 Å². The maximum Gasteiger partial charge on any atom is 1.00 e. The second-order valence-corrected chi connectivity index (χ2v) is 12.1. The Kier molecular flexibility index (Phi) is 31.3. The molecular formula is C28H30Cl6N14Na2O12. The Balaban J connectivity index is 0.000000620. The number of anilines is 2. The molecule has 4 rings (SSSR count). The topological polar surface area (TPSA) is 333 Å². The largest absolute Gasteiger partial charge is 1.00 e. The van der Waals surface area contributed by atoms with Gasteiger partial charge in [0.05, 0.1) is 77.9 Å². The molecule has 0 radical (unpaired) electrons. The number of aromatic nitrogens is 12. The molecule has 0 spiro atoms. The predicted molar refractivity (Wildman–Crippen MR) is 202 cm³/mol. The number of rotatable bonds is 28. The number of hydrogen-bond acceptors (Lipinski definition) is 26. The number of aliphatic carboxylic acids is 2. The van der Waals surface area contributed by atoms with Crippen LogP contribution in [0.1, 0.15) is 0 Å². The van der Waals surface area contributed by atoms with Crippen molar-refractivity contribution >= 4 is 93.4 Å². The average Bonchev–Trinajstić information content (AvgIpc) is 3.17. The monoisotopic (exact) mass is 1010 g/mol. The molecule has 0 saturated heterocycles. The summed E-state index contributed by atoms with van der Waals surface area (Å²) >= 11 is 33.9. The second kappa shape index (κ2) is 33.8. The standard InChI is InChI=1S/C16H20Cl2N8O8.C12H12Cl4N6O4.2Na/c17-11-21-13(19-7-9(27)28)25-15(23-11)33-5-3-31-1-2-32-4-6-34-16-24-12(18)22-14(26-16)20-8-10(29)30;13-7-17-8(14)20-11(19-7)25-5-3-23-1-2-24-4-6-26-12-21-9(15)18-10(16)22-12;;/h1-8H2,(H,27,28)(H,29,30)(H,19,21,23,25)(H,20,22,24,26);1-6H2;;/q;;2*+1/p-2. The Morgan fingerprint density at radius 2 is 0.597 bits per heavy atom. The van der Waals surface area contributed by atoms with E-state index in [1.807, 2.05) is 0 Å². The fourth-order valence-electron chi connectivity index (χ4n) is 3.41. The van der Waals surface area contributed by atoms with Gasteiger partial charge in [-0.2, -0.15) is 59.8 Å². The summed E-state index contributed by atoms with van der Waals surface area (Å²) in [5, 5.41) is 25.2. The summed E-state index contributed by atoms with van der Waals surface area (Å²) in [6, 6.07) is -0.139. The maximum atomic E-state index is 10.5. The van der Waals surface area contributed by atoms with Crippen LogP contribution in [0.15, 0.2) is 0 Å². The van der Waals surface area contributed by atoms with Crippen LogP contribution in [0.25, 0.3) is 0 Å². The van der Waals surface area contributed by atoms with Gasteiger partial charge in [-0.3, -0.25) is 0 Å². The molecule has 4 aromatic heterocycles. The fraction of sp³-hybridized carbons (Fsp3) is 0.500. The van der Waals surface area contributed by atoms with Crippen LogP contribution < -0.4 is 98.9 Å². The molecule has 62 heavy (non-hydrogen) atoms. The maximum absolute atomic E-state index is 10.5. The van der Waals surface area contributed by atoms with Crippen LogP contribution in [0.5, 0.6) is 24.0 Å². The number of nitrogens with zero attached hydrogens (tertiary/aromatic N) is 12. The third-order valence-corrected chi connectivity index (χ3v) is 6.67. The number of halogens is 6. The first kappa shape index (κ1) is 57.4. The first-order valence-electron chi connectivity index (χ1n) is 16.5. The molecule has 26 nitrogen and oxygen atoms in total. The van der Waals surface area contributed by atoms with E-state index in [2.05, 4.69) is 70.4 Å². The number of carbonyl (C=O) groups excluding carboxylic acids is 2. The quantitative estimate of drug-likeness (QED) is 0.0395. The van der Waals surface area contributed by atoms with E-state index in [4.69, 9.17) is 108 Å². The van der Waals surface area contributed by atoms with Crippen molar-refractivity contribution < 1.29 is 117 Å². The van der Waals surface area contributed by atoms with Crippen molar-refractivity contribution in [3.8, 4) is 24.0 Å². The van der Waals surface area contributed by atoms with Crippen LogP contribution in [0.2, 0.25) is 31.7 Å². The molecule has 0 aliphatic rings. The first-order valence-corrected chi connectivity index (χ1v) is 18.8. The van der Waals surface area contributed by atoms with E-state index < -0.39 is 25.0 Å². The summed E-state index contributed by atoms with van der Waals surface area (Å²) in [6.45, 7) is 1.88. The minimum absolute atomic E-state index is 0. The van der Waals surface area contributed by atoms with Crippen molar-refractivity contribution in [2.75, 3.05) is 103 Å². The molecule has 0 aliphatic carbocycles. The Bertz CT molecular complexity index is 1780. The summed E-state index contributed by atoms with van der Waals surface area (Å²) in [7, 11) is 0. The molecule has 328 valence electrons. The van der Waals surface area contributed by atoms with E-state index in [1.54, 1.807) is 0 Å². The zero-order valence-electron chi connectivity index (χ0n) is 32.4. The predicted octanol–water partition coefficient (Wildman–Crippen LogP) is -6.65. The molecule has 0 aromatic carbocycles. The molecule has 0 amide bonds. The van der Waals surface area contributed by atoms with Crippen molar-refractivity contribution in [3.63, 3.8) is 0 Å². The van der Waals surface area contributed by atoms with Gasteiger partial charge in [-0.25, -0.2) is 0 Å². The first-order chi connectivity index (χ1) is 28.8. The summed E-state index contributed by atoms with van der Waals surface area (Å²) in [5.74, 6) is -2.82. The van der Waals surface area contributed by atoms with Gasteiger partial charge in [-0.15, -0.1) is 0 Å². The minimum atomic E-state index is -1.34. The molecule has 0 aliphatic heterocycles. The van der Waals surface area contributed by atoms with Gasteiger partial charge >= 0.3 is 83.2 Å². The van der Waals surface area contributed by atoms with Crippen LogP contribution in [-0.4, -0.2) is 164 Å². The van der Waals surface area contributed by atoms with Gasteiger partial charge in [-0.1, -0.05) is 0 Å². The summed E-state index contributed by atoms with van der Waals surface area (Å²) in [4.78, 5) is 65.7. The van der Waals surface area contributed by atoms with Crippen molar-refractivity contribution in [2.24, 2.45) is 0 Å². The number of carboxylic acids is 2. The Morgan fingerprint density at radius 3 is 0.855 bits per heavy atom. The smallest absolute Gasteiger partial charge is 0.548 e. The Hall–Kier alpha value is -2.64. The van der Waals surface area contributed by atoms with E-state index in [1.165, 1.54) is 0 Å². The van der Waals surface area contributed by atoms with Gasteiger partial charge in [0.2, 0.25) is 43.6 Å². The molecular weight excluding hydrogens is 983 g/mol. The summed E-state index contributed by atoms with van der Waals surface area (Å²) in [6.07, 6.45) is 0. The average molecular weight is 1010 g/mol. The van der Waals surface area contributed by atoms with Crippen LogP contribution in [-0.2, 0) is 28.5 Å². The van der Waals surface area contributed by atoms with E-state index in [-0.39, 0.29) is 180 Å².